The Balaban J connectivity index is 3.29. The van der Waals surface area contributed by atoms with Gasteiger partial charge in [-0.05, 0) is 6.92 Å². The van der Waals surface area contributed by atoms with Crippen molar-refractivity contribution in [3.05, 3.63) is 12.2 Å². The van der Waals surface area contributed by atoms with Crippen molar-refractivity contribution >= 4 is 7.60 Å². The summed E-state index contributed by atoms with van der Waals surface area (Å²) in [7, 11) is -3.88. The molecule has 0 atom stereocenters. The normalized spacial score (nSPS) is 11.5. The minimum atomic E-state index is -3.88. The Morgan fingerprint density at radius 2 is 2.18 bits per heavy atom. The molecule has 0 aromatic heterocycles. The van der Waals surface area contributed by atoms with Crippen LogP contribution in [0, 0.1) is 0 Å². The first-order valence-electron chi connectivity index (χ1n) is 3.18. The lowest BCUT2D eigenvalue weighted by atomic mass is 10.4. The van der Waals surface area contributed by atoms with Gasteiger partial charge in [0.1, 0.15) is 0 Å². The summed E-state index contributed by atoms with van der Waals surface area (Å²) in [5, 5.41) is 0. The Morgan fingerprint density at radius 3 is 2.55 bits per heavy atom. The van der Waals surface area contributed by atoms with E-state index in [1.807, 2.05) is 0 Å². The molecular weight excluding hydrogens is 167 g/mol. The molecule has 0 heterocycles. The van der Waals surface area contributed by atoms with Crippen LogP contribution in [0.4, 0.5) is 0 Å². The zero-order valence-corrected chi connectivity index (χ0v) is 7.38. The monoisotopic (exact) mass is 180 g/mol. The molecule has 0 aliphatic heterocycles. The summed E-state index contributed by atoms with van der Waals surface area (Å²) in [5.41, 5.74) is 0.843. The van der Waals surface area contributed by atoms with Crippen LogP contribution in [0.2, 0.25) is 0 Å². The van der Waals surface area contributed by atoms with E-state index >= 15 is 0 Å². The van der Waals surface area contributed by atoms with Gasteiger partial charge in [-0.25, -0.2) is 0 Å². The summed E-state index contributed by atoms with van der Waals surface area (Å²) in [6.45, 7) is 5.80. The average Bonchev–Trinajstić information content (AvgIpc) is 1.78. The van der Waals surface area contributed by atoms with Crippen LogP contribution in [0.5, 0.6) is 0 Å². The molecule has 5 heteroatoms. The van der Waals surface area contributed by atoms with Crippen molar-refractivity contribution in [3.8, 4) is 0 Å². The summed E-state index contributed by atoms with van der Waals surface area (Å²) in [4.78, 5) is 16.8. The molecule has 66 valence electrons. The van der Waals surface area contributed by atoms with Crippen LogP contribution in [0.15, 0.2) is 12.2 Å². The van der Waals surface area contributed by atoms with Gasteiger partial charge in [0.15, 0.2) is 0 Å². The van der Waals surface area contributed by atoms with Crippen LogP contribution in [0.3, 0.4) is 0 Å². The molecule has 11 heavy (non-hydrogen) atoms. The molecule has 2 N–H and O–H groups in total. The fraction of sp³-hybridized carbons (Fsp3) is 0.667. The van der Waals surface area contributed by atoms with E-state index in [9.17, 15) is 4.57 Å². The van der Waals surface area contributed by atoms with Crippen molar-refractivity contribution in [1.29, 1.82) is 0 Å². The Labute approximate surface area is 66.0 Å². The molecule has 0 rings (SSSR count). The number of hydrogen-bond acceptors (Lipinski definition) is 2. The maximum atomic E-state index is 10.3. The molecule has 4 nitrogen and oxygen atoms in total. The van der Waals surface area contributed by atoms with E-state index < -0.39 is 7.60 Å². The third kappa shape index (κ3) is 9.85. The lowest BCUT2D eigenvalue weighted by Gasteiger charge is -2.04. The van der Waals surface area contributed by atoms with Gasteiger partial charge in [-0.2, -0.15) is 0 Å². The van der Waals surface area contributed by atoms with Crippen LogP contribution in [-0.4, -0.2) is 29.2 Å². The first-order chi connectivity index (χ1) is 4.92. The van der Waals surface area contributed by atoms with E-state index in [0.717, 1.165) is 5.57 Å². The quantitative estimate of drug-likeness (QED) is 0.372. The van der Waals surface area contributed by atoms with Gasteiger partial charge in [0.05, 0.1) is 19.4 Å². The molecule has 0 fully saturated rings. The van der Waals surface area contributed by atoms with Gasteiger partial charge in [-0.1, -0.05) is 12.2 Å². The number of hydrogen-bond donors (Lipinski definition) is 2. The summed E-state index contributed by atoms with van der Waals surface area (Å²) in [6.07, 6.45) is -0.222. The van der Waals surface area contributed by atoms with Crippen molar-refractivity contribution in [2.24, 2.45) is 0 Å². The number of rotatable bonds is 5. The lowest BCUT2D eigenvalue weighted by molar-refractivity contribution is 0.168. The first-order valence-corrected chi connectivity index (χ1v) is 4.98. The van der Waals surface area contributed by atoms with E-state index in [-0.39, 0.29) is 12.8 Å². The molecule has 0 aromatic carbocycles. The fourth-order valence-electron chi connectivity index (χ4n) is 0.430. The smallest absolute Gasteiger partial charge is 0.327 e. The van der Waals surface area contributed by atoms with E-state index in [2.05, 4.69) is 6.58 Å². The molecule has 0 aliphatic rings. The molecule has 0 saturated heterocycles. The van der Waals surface area contributed by atoms with Gasteiger partial charge in [-0.3, -0.25) is 4.57 Å². The van der Waals surface area contributed by atoms with Crippen LogP contribution in [0.25, 0.3) is 0 Å². The summed E-state index contributed by atoms with van der Waals surface area (Å²) in [6, 6.07) is 0. The Bertz CT molecular complexity index is 171. The van der Waals surface area contributed by atoms with Crippen molar-refractivity contribution < 1.29 is 19.1 Å². The van der Waals surface area contributed by atoms with Gasteiger partial charge in [-0.15, -0.1) is 0 Å². The molecule has 0 amide bonds. The summed E-state index contributed by atoms with van der Waals surface area (Å²) < 4.78 is 15.1. The van der Waals surface area contributed by atoms with Crippen LogP contribution in [-0.2, 0) is 9.30 Å². The highest BCUT2D eigenvalue weighted by Gasteiger charge is 2.11. The SMILES string of the molecule is C=C(C)COCCP(=O)(O)O. The van der Waals surface area contributed by atoms with E-state index in [1.54, 1.807) is 6.92 Å². The van der Waals surface area contributed by atoms with Gasteiger partial charge >= 0.3 is 7.60 Å². The molecule has 0 aromatic rings. The predicted molar refractivity (Wildman–Crippen MR) is 42.5 cm³/mol. The first kappa shape index (κ1) is 10.8. The third-order valence-electron chi connectivity index (χ3n) is 0.875. The molecule has 0 bridgehead atoms. The van der Waals surface area contributed by atoms with Crippen LogP contribution in [0.1, 0.15) is 6.92 Å². The Kier molecular flexibility index (Phi) is 4.61. The van der Waals surface area contributed by atoms with Crippen LogP contribution < -0.4 is 0 Å². The molecule has 0 aliphatic carbocycles. The van der Waals surface area contributed by atoms with E-state index in [4.69, 9.17) is 14.5 Å². The van der Waals surface area contributed by atoms with Crippen molar-refractivity contribution in [2.45, 2.75) is 6.92 Å². The predicted octanol–water partition coefficient (Wildman–Crippen LogP) is 0.757. The molecule has 0 saturated carbocycles. The lowest BCUT2D eigenvalue weighted by Crippen LogP contribution is -2.02. The number of ether oxygens (including phenoxy) is 1. The molecular formula is C6H13O4P. The maximum absolute atomic E-state index is 10.3. The highest BCUT2D eigenvalue weighted by molar-refractivity contribution is 7.51. The zero-order chi connectivity index (χ0) is 8.91. The Hall–Kier alpha value is -0.150. The standard InChI is InChI=1S/C6H13O4P/c1-6(2)5-10-3-4-11(7,8)9/h1,3-5H2,2H3,(H2,7,8,9). The molecule has 0 spiro atoms. The van der Waals surface area contributed by atoms with Crippen molar-refractivity contribution in [2.75, 3.05) is 19.4 Å². The zero-order valence-electron chi connectivity index (χ0n) is 6.49. The van der Waals surface area contributed by atoms with E-state index in [0.29, 0.717) is 6.61 Å². The summed E-state index contributed by atoms with van der Waals surface area (Å²) >= 11 is 0. The highest BCUT2D eigenvalue weighted by atomic mass is 31.2. The molecule has 0 unspecified atom stereocenters. The van der Waals surface area contributed by atoms with Gasteiger partial charge < -0.3 is 14.5 Å². The second-order valence-corrected chi connectivity index (χ2v) is 4.17. The maximum Gasteiger partial charge on any atom is 0.327 e. The largest absolute Gasteiger partial charge is 0.376 e. The Morgan fingerprint density at radius 1 is 1.64 bits per heavy atom. The van der Waals surface area contributed by atoms with Crippen LogP contribution >= 0.6 is 7.60 Å². The minimum absolute atomic E-state index is 0.0805. The fourth-order valence-corrected chi connectivity index (χ4v) is 0.797. The second kappa shape index (κ2) is 4.67. The second-order valence-electron chi connectivity index (χ2n) is 2.40. The topological polar surface area (TPSA) is 66.8 Å². The van der Waals surface area contributed by atoms with E-state index in [1.165, 1.54) is 0 Å². The third-order valence-corrected chi connectivity index (χ3v) is 1.64. The highest BCUT2D eigenvalue weighted by Crippen LogP contribution is 2.33. The van der Waals surface area contributed by atoms with Gasteiger partial charge in [0.25, 0.3) is 0 Å². The van der Waals surface area contributed by atoms with Gasteiger partial charge in [0, 0.05) is 0 Å². The van der Waals surface area contributed by atoms with Crippen molar-refractivity contribution in [1.82, 2.24) is 0 Å². The average molecular weight is 180 g/mol. The van der Waals surface area contributed by atoms with Gasteiger partial charge in [0.2, 0.25) is 0 Å². The van der Waals surface area contributed by atoms with Crippen molar-refractivity contribution in [3.63, 3.8) is 0 Å². The summed E-state index contributed by atoms with van der Waals surface area (Å²) in [5.74, 6) is 0. The molecule has 0 radical (unpaired) electrons. The minimum Gasteiger partial charge on any atom is -0.376 e.